The monoisotopic (exact) mass is 267 g/mol. The van der Waals surface area contributed by atoms with E-state index in [-0.39, 0.29) is 0 Å². The molecule has 0 spiro atoms. The number of rotatable bonds is 5. The van der Waals surface area contributed by atoms with Gasteiger partial charge in [-0.05, 0) is 51.5 Å². The number of aromatic nitrogens is 1. The molecule has 3 N–H and O–H groups in total. The molecule has 1 aromatic heterocycles. The summed E-state index contributed by atoms with van der Waals surface area (Å²) in [5.41, 5.74) is 5.93. The van der Waals surface area contributed by atoms with Gasteiger partial charge >= 0.3 is 0 Å². The third-order valence-electron chi connectivity index (χ3n) is 3.89. The Kier molecular flexibility index (Phi) is 5.15. The predicted molar refractivity (Wildman–Crippen MR) is 77.8 cm³/mol. The van der Waals surface area contributed by atoms with Crippen LogP contribution in [0.1, 0.15) is 55.5 Å². The Morgan fingerprint density at radius 3 is 2.78 bits per heavy atom. The van der Waals surface area contributed by atoms with Gasteiger partial charge in [0.1, 0.15) is 5.01 Å². The molecule has 0 bridgehead atoms. The van der Waals surface area contributed by atoms with E-state index in [1.807, 2.05) is 17.5 Å². The van der Waals surface area contributed by atoms with Crippen molar-refractivity contribution in [3.63, 3.8) is 0 Å². The van der Waals surface area contributed by atoms with Crippen LogP contribution < -0.4 is 11.1 Å². The van der Waals surface area contributed by atoms with Crippen LogP contribution in [0.15, 0.2) is 6.20 Å². The molecule has 3 nitrogen and oxygen atoms in total. The molecule has 0 aliphatic heterocycles. The van der Waals surface area contributed by atoms with Crippen LogP contribution in [0.2, 0.25) is 0 Å². The van der Waals surface area contributed by atoms with Gasteiger partial charge in [-0.1, -0.05) is 6.92 Å². The van der Waals surface area contributed by atoms with E-state index >= 15 is 0 Å². The molecule has 1 aliphatic rings. The highest BCUT2D eigenvalue weighted by molar-refractivity contribution is 7.11. The van der Waals surface area contributed by atoms with Crippen LogP contribution in [0.4, 0.5) is 0 Å². The van der Waals surface area contributed by atoms with Gasteiger partial charge in [0.15, 0.2) is 0 Å². The smallest absolute Gasteiger partial charge is 0.109 e. The molecule has 0 radical (unpaired) electrons. The van der Waals surface area contributed by atoms with Gasteiger partial charge in [-0.15, -0.1) is 11.3 Å². The lowest BCUT2D eigenvalue weighted by atomic mass is 9.86. The van der Waals surface area contributed by atoms with E-state index in [4.69, 9.17) is 5.73 Å². The number of hydrogen-bond donors (Lipinski definition) is 2. The molecule has 2 rings (SSSR count). The second-order valence-electron chi connectivity index (χ2n) is 5.43. The number of thiazole rings is 1. The van der Waals surface area contributed by atoms with Crippen molar-refractivity contribution in [3.05, 3.63) is 16.1 Å². The van der Waals surface area contributed by atoms with Gasteiger partial charge in [0.05, 0.1) is 6.04 Å². The average molecular weight is 267 g/mol. The zero-order valence-electron chi connectivity index (χ0n) is 11.5. The summed E-state index contributed by atoms with van der Waals surface area (Å²) in [6, 6.07) is 0.829. The number of aryl methyl sites for hydroxylation is 1. The summed E-state index contributed by atoms with van der Waals surface area (Å²) in [5, 5.41) is 4.85. The lowest BCUT2D eigenvalue weighted by Gasteiger charge is -2.27. The fraction of sp³-hybridized carbons (Fsp3) is 0.786. The first-order valence-corrected chi connectivity index (χ1v) is 7.94. The molecule has 18 heavy (non-hydrogen) atoms. The third kappa shape index (κ3) is 3.77. The number of nitrogens with one attached hydrogen (secondary N) is 1. The minimum atomic E-state index is 0.380. The van der Waals surface area contributed by atoms with Gasteiger partial charge in [0.25, 0.3) is 0 Å². The summed E-state index contributed by atoms with van der Waals surface area (Å²) >= 11 is 1.83. The Hall–Kier alpha value is -0.450. The Morgan fingerprint density at radius 1 is 1.44 bits per heavy atom. The van der Waals surface area contributed by atoms with E-state index < -0.39 is 0 Å². The molecule has 1 aliphatic carbocycles. The average Bonchev–Trinajstić information content (AvgIpc) is 2.86. The maximum atomic E-state index is 5.93. The van der Waals surface area contributed by atoms with Crippen molar-refractivity contribution < 1.29 is 0 Å². The van der Waals surface area contributed by atoms with Gasteiger partial charge in [-0.3, -0.25) is 0 Å². The molecule has 1 fully saturated rings. The highest BCUT2D eigenvalue weighted by atomic mass is 32.1. The van der Waals surface area contributed by atoms with Gasteiger partial charge < -0.3 is 11.1 Å². The first kappa shape index (κ1) is 14.0. The van der Waals surface area contributed by atoms with Gasteiger partial charge in [0.2, 0.25) is 0 Å². The SMILES string of the molecule is CCc1cnc(C(C)NCC2CCC(N)CC2)s1. The van der Waals surface area contributed by atoms with E-state index in [9.17, 15) is 0 Å². The predicted octanol–water partition coefficient (Wildman–Crippen LogP) is 2.87. The summed E-state index contributed by atoms with van der Waals surface area (Å²) in [6.45, 7) is 5.50. The molecule has 102 valence electrons. The first-order valence-electron chi connectivity index (χ1n) is 7.12. The molecule has 1 unspecified atom stereocenters. The van der Waals surface area contributed by atoms with Crippen LogP contribution >= 0.6 is 11.3 Å². The first-order chi connectivity index (χ1) is 8.69. The van der Waals surface area contributed by atoms with Crippen LogP contribution in [-0.2, 0) is 6.42 Å². The van der Waals surface area contributed by atoms with Gasteiger partial charge in [-0.25, -0.2) is 4.98 Å². The minimum Gasteiger partial charge on any atom is -0.328 e. The van der Waals surface area contributed by atoms with Crippen LogP contribution in [-0.4, -0.2) is 17.6 Å². The number of nitrogens with zero attached hydrogens (tertiary/aromatic N) is 1. The highest BCUT2D eigenvalue weighted by Gasteiger charge is 2.19. The Morgan fingerprint density at radius 2 is 2.17 bits per heavy atom. The molecule has 0 amide bonds. The molecular formula is C14H25N3S. The minimum absolute atomic E-state index is 0.380. The van der Waals surface area contributed by atoms with Crippen LogP contribution in [0.25, 0.3) is 0 Å². The fourth-order valence-electron chi connectivity index (χ4n) is 2.51. The molecule has 1 saturated carbocycles. The quantitative estimate of drug-likeness (QED) is 0.862. The zero-order valence-corrected chi connectivity index (χ0v) is 12.3. The van der Waals surface area contributed by atoms with Crippen LogP contribution in [0.5, 0.6) is 0 Å². The Labute approximate surface area is 114 Å². The Balaban J connectivity index is 1.75. The van der Waals surface area contributed by atoms with E-state index in [1.54, 1.807) is 0 Å². The van der Waals surface area contributed by atoms with E-state index in [1.165, 1.54) is 35.6 Å². The van der Waals surface area contributed by atoms with Crippen LogP contribution in [0.3, 0.4) is 0 Å². The van der Waals surface area contributed by atoms with Crippen LogP contribution in [0, 0.1) is 5.92 Å². The zero-order chi connectivity index (χ0) is 13.0. The van der Waals surface area contributed by atoms with Gasteiger partial charge in [-0.2, -0.15) is 0 Å². The highest BCUT2D eigenvalue weighted by Crippen LogP contribution is 2.24. The maximum absolute atomic E-state index is 5.93. The van der Waals surface area contributed by atoms with Crippen molar-refractivity contribution in [2.45, 2.75) is 58.0 Å². The molecular weight excluding hydrogens is 242 g/mol. The summed E-state index contributed by atoms with van der Waals surface area (Å²) in [6.07, 6.45) is 8.04. The fourth-order valence-corrected chi connectivity index (χ4v) is 3.39. The summed E-state index contributed by atoms with van der Waals surface area (Å²) in [7, 11) is 0. The maximum Gasteiger partial charge on any atom is 0.109 e. The summed E-state index contributed by atoms with van der Waals surface area (Å²) in [4.78, 5) is 5.88. The lowest BCUT2D eigenvalue weighted by molar-refractivity contribution is 0.306. The van der Waals surface area contributed by atoms with E-state index in [0.29, 0.717) is 12.1 Å². The number of hydrogen-bond acceptors (Lipinski definition) is 4. The van der Waals surface area contributed by atoms with Crippen molar-refractivity contribution in [3.8, 4) is 0 Å². The van der Waals surface area contributed by atoms with Crippen molar-refractivity contribution in [1.29, 1.82) is 0 Å². The molecule has 1 heterocycles. The summed E-state index contributed by atoms with van der Waals surface area (Å²) < 4.78 is 0. The lowest BCUT2D eigenvalue weighted by Crippen LogP contribution is -2.32. The van der Waals surface area contributed by atoms with E-state index in [0.717, 1.165) is 18.9 Å². The van der Waals surface area contributed by atoms with Gasteiger partial charge in [0, 0.05) is 17.1 Å². The molecule has 0 aromatic carbocycles. The largest absolute Gasteiger partial charge is 0.328 e. The molecule has 4 heteroatoms. The van der Waals surface area contributed by atoms with Crippen molar-refractivity contribution in [2.75, 3.05) is 6.54 Å². The van der Waals surface area contributed by atoms with Crippen molar-refractivity contribution >= 4 is 11.3 Å². The topological polar surface area (TPSA) is 50.9 Å². The molecule has 1 aromatic rings. The molecule has 1 atom stereocenters. The standard InChI is InChI=1S/C14H25N3S/c1-3-13-9-17-14(18-13)10(2)16-8-11-4-6-12(15)7-5-11/h9-12,16H,3-8,15H2,1-2H3. The molecule has 0 saturated heterocycles. The Bertz CT molecular complexity index is 356. The summed E-state index contributed by atoms with van der Waals surface area (Å²) in [5.74, 6) is 0.804. The van der Waals surface area contributed by atoms with Crippen molar-refractivity contribution in [1.82, 2.24) is 10.3 Å². The number of nitrogens with two attached hydrogens (primary N) is 1. The second kappa shape index (κ2) is 6.64. The normalized spacial score (nSPS) is 26.2. The van der Waals surface area contributed by atoms with E-state index in [2.05, 4.69) is 24.1 Å². The second-order valence-corrected chi connectivity index (χ2v) is 6.58. The third-order valence-corrected chi connectivity index (χ3v) is 5.22. The van der Waals surface area contributed by atoms with Crippen molar-refractivity contribution in [2.24, 2.45) is 11.7 Å².